The summed E-state index contributed by atoms with van der Waals surface area (Å²) in [4.78, 5) is 14.2. The lowest BCUT2D eigenvalue weighted by molar-refractivity contribution is -0.122. The maximum absolute atomic E-state index is 11.7. The molecule has 2 N–H and O–H groups in total. The Morgan fingerprint density at radius 1 is 1.33 bits per heavy atom. The number of hydrogen-bond donors (Lipinski definition) is 2. The summed E-state index contributed by atoms with van der Waals surface area (Å²) >= 11 is 0. The highest BCUT2D eigenvalue weighted by Crippen LogP contribution is 2.12. The normalized spacial score (nSPS) is 18.2. The molecule has 0 atom stereocenters. The highest BCUT2D eigenvalue weighted by atomic mass is 16.1. The van der Waals surface area contributed by atoms with Crippen LogP contribution >= 0.6 is 0 Å². The number of amides is 1. The minimum absolute atomic E-state index is 0.215. The Morgan fingerprint density at radius 3 is 2.56 bits per heavy atom. The van der Waals surface area contributed by atoms with Gasteiger partial charge in [-0.1, -0.05) is 13.8 Å². The second-order valence-corrected chi connectivity index (χ2v) is 5.74. The first-order chi connectivity index (χ1) is 8.61. The molecule has 0 aromatic heterocycles. The molecule has 0 aliphatic carbocycles. The lowest BCUT2D eigenvalue weighted by atomic mass is 10.0. The third kappa shape index (κ3) is 6.36. The SMILES string of the molecule is CNCCCC(=O)NC1CCN(CC(C)C)CC1. The van der Waals surface area contributed by atoms with E-state index in [1.807, 2.05) is 7.05 Å². The lowest BCUT2D eigenvalue weighted by Gasteiger charge is -2.33. The molecule has 0 aromatic rings. The molecule has 0 bridgehead atoms. The first-order valence-corrected chi connectivity index (χ1v) is 7.28. The largest absolute Gasteiger partial charge is 0.353 e. The van der Waals surface area contributed by atoms with Crippen molar-refractivity contribution in [2.45, 2.75) is 45.6 Å². The van der Waals surface area contributed by atoms with Crippen LogP contribution in [0.3, 0.4) is 0 Å². The Morgan fingerprint density at radius 2 is 2.00 bits per heavy atom. The second-order valence-electron chi connectivity index (χ2n) is 5.74. The summed E-state index contributed by atoms with van der Waals surface area (Å²) in [7, 11) is 1.92. The molecule has 0 radical (unpaired) electrons. The first kappa shape index (κ1) is 15.4. The van der Waals surface area contributed by atoms with E-state index in [1.165, 1.54) is 6.54 Å². The predicted molar refractivity (Wildman–Crippen MR) is 75.6 cm³/mol. The van der Waals surface area contributed by atoms with Gasteiger partial charge in [-0.3, -0.25) is 4.79 Å². The van der Waals surface area contributed by atoms with Crippen LogP contribution in [0.5, 0.6) is 0 Å². The highest BCUT2D eigenvalue weighted by molar-refractivity contribution is 5.76. The van der Waals surface area contributed by atoms with Crippen molar-refractivity contribution in [3.05, 3.63) is 0 Å². The Labute approximate surface area is 111 Å². The first-order valence-electron chi connectivity index (χ1n) is 7.28. The van der Waals surface area contributed by atoms with Gasteiger partial charge in [-0.05, 0) is 38.8 Å². The van der Waals surface area contributed by atoms with Gasteiger partial charge in [-0.15, -0.1) is 0 Å². The molecule has 0 unspecified atom stereocenters. The van der Waals surface area contributed by atoms with Crippen LogP contribution in [0, 0.1) is 5.92 Å². The fourth-order valence-electron chi connectivity index (χ4n) is 2.50. The Bertz CT molecular complexity index is 235. The topological polar surface area (TPSA) is 44.4 Å². The van der Waals surface area contributed by atoms with Gasteiger partial charge in [0.15, 0.2) is 0 Å². The van der Waals surface area contributed by atoms with E-state index in [0.29, 0.717) is 12.5 Å². The molecule has 1 fully saturated rings. The molecule has 1 rings (SSSR count). The van der Waals surface area contributed by atoms with Crippen molar-refractivity contribution >= 4 is 5.91 Å². The molecule has 0 spiro atoms. The summed E-state index contributed by atoms with van der Waals surface area (Å²) in [5.74, 6) is 0.949. The molecule has 1 saturated heterocycles. The van der Waals surface area contributed by atoms with Crippen LogP contribution < -0.4 is 10.6 Å². The molecule has 106 valence electrons. The van der Waals surface area contributed by atoms with E-state index in [2.05, 4.69) is 29.4 Å². The Kier molecular flexibility index (Phi) is 7.28. The van der Waals surface area contributed by atoms with E-state index in [1.54, 1.807) is 0 Å². The van der Waals surface area contributed by atoms with Crippen molar-refractivity contribution in [3.8, 4) is 0 Å². The maximum Gasteiger partial charge on any atom is 0.220 e. The minimum atomic E-state index is 0.215. The Balaban J connectivity index is 2.13. The van der Waals surface area contributed by atoms with Crippen LogP contribution in [-0.2, 0) is 4.79 Å². The van der Waals surface area contributed by atoms with Gasteiger partial charge < -0.3 is 15.5 Å². The number of nitrogens with zero attached hydrogens (tertiary/aromatic N) is 1. The lowest BCUT2D eigenvalue weighted by Crippen LogP contribution is -2.45. The van der Waals surface area contributed by atoms with Crippen LogP contribution in [-0.4, -0.2) is 50.1 Å². The summed E-state index contributed by atoms with van der Waals surface area (Å²) < 4.78 is 0. The fraction of sp³-hybridized carbons (Fsp3) is 0.929. The van der Waals surface area contributed by atoms with Crippen molar-refractivity contribution in [1.82, 2.24) is 15.5 Å². The number of hydrogen-bond acceptors (Lipinski definition) is 3. The molecule has 1 heterocycles. The average Bonchev–Trinajstić information content (AvgIpc) is 2.31. The van der Waals surface area contributed by atoms with Crippen LogP contribution in [0.4, 0.5) is 0 Å². The van der Waals surface area contributed by atoms with Gasteiger partial charge in [0.05, 0.1) is 0 Å². The van der Waals surface area contributed by atoms with Gasteiger partial charge in [0.1, 0.15) is 0 Å². The number of likely N-dealkylation sites (tertiary alicyclic amines) is 1. The van der Waals surface area contributed by atoms with Gasteiger partial charge >= 0.3 is 0 Å². The molecule has 4 heteroatoms. The van der Waals surface area contributed by atoms with Crippen molar-refractivity contribution < 1.29 is 4.79 Å². The number of rotatable bonds is 7. The minimum Gasteiger partial charge on any atom is -0.353 e. The van der Waals surface area contributed by atoms with Crippen LogP contribution in [0.1, 0.15) is 39.5 Å². The molecule has 0 saturated carbocycles. The van der Waals surface area contributed by atoms with Gasteiger partial charge in [0.2, 0.25) is 5.91 Å². The van der Waals surface area contributed by atoms with E-state index in [4.69, 9.17) is 0 Å². The molecule has 18 heavy (non-hydrogen) atoms. The van der Waals surface area contributed by atoms with Crippen molar-refractivity contribution in [1.29, 1.82) is 0 Å². The summed E-state index contributed by atoms with van der Waals surface area (Å²) in [6, 6.07) is 0.399. The van der Waals surface area contributed by atoms with E-state index in [9.17, 15) is 4.79 Å². The van der Waals surface area contributed by atoms with Crippen LogP contribution in [0.25, 0.3) is 0 Å². The number of carbonyl (C=O) groups is 1. The summed E-state index contributed by atoms with van der Waals surface area (Å²) in [5.41, 5.74) is 0. The van der Waals surface area contributed by atoms with Crippen molar-refractivity contribution in [2.75, 3.05) is 33.2 Å². The predicted octanol–water partition coefficient (Wildman–Crippen LogP) is 1.22. The van der Waals surface area contributed by atoms with E-state index < -0.39 is 0 Å². The number of carbonyl (C=O) groups excluding carboxylic acids is 1. The molecule has 1 aliphatic heterocycles. The van der Waals surface area contributed by atoms with Crippen LogP contribution in [0.2, 0.25) is 0 Å². The third-order valence-corrected chi connectivity index (χ3v) is 3.41. The molecule has 0 aromatic carbocycles. The zero-order valence-corrected chi connectivity index (χ0v) is 12.2. The highest BCUT2D eigenvalue weighted by Gasteiger charge is 2.20. The van der Waals surface area contributed by atoms with Gasteiger partial charge in [-0.2, -0.15) is 0 Å². The van der Waals surface area contributed by atoms with Gasteiger partial charge in [-0.25, -0.2) is 0 Å². The molecule has 1 aliphatic rings. The Hall–Kier alpha value is -0.610. The van der Waals surface area contributed by atoms with Crippen molar-refractivity contribution in [3.63, 3.8) is 0 Å². The molecule has 4 nitrogen and oxygen atoms in total. The number of piperidine rings is 1. The third-order valence-electron chi connectivity index (χ3n) is 3.41. The van der Waals surface area contributed by atoms with E-state index in [-0.39, 0.29) is 5.91 Å². The maximum atomic E-state index is 11.7. The molecule has 1 amide bonds. The zero-order chi connectivity index (χ0) is 13.4. The molecular formula is C14H29N3O. The zero-order valence-electron chi connectivity index (χ0n) is 12.2. The summed E-state index contributed by atoms with van der Waals surface area (Å²) in [6.07, 6.45) is 3.77. The van der Waals surface area contributed by atoms with Crippen molar-refractivity contribution in [2.24, 2.45) is 5.92 Å². The standard InChI is InChI=1S/C14H29N3O/c1-12(2)11-17-9-6-13(7-10-17)16-14(18)5-4-8-15-3/h12-13,15H,4-11H2,1-3H3,(H,16,18). The van der Waals surface area contributed by atoms with Gasteiger partial charge in [0, 0.05) is 32.1 Å². The average molecular weight is 255 g/mol. The smallest absolute Gasteiger partial charge is 0.220 e. The summed E-state index contributed by atoms with van der Waals surface area (Å²) in [6.45, 7) is 8.87. The van der Waals surface area contributed by atoms with E-state index in [0.717, 1.165) is 44.8 Å². The van der Waals surface area contributed by atoms with Crippen LogP contribution in [0.15, 0.2) is 0 Å². The molecular weight excluding hydrogens is 226 g/mol. The fourth-order valence-corrected chi connectivity index (χ4v) is 2.50. The summed E-state index contributed by atoms with van der Waals surface area (Å²) in [5, 5.41) is 6.22. The quantitative estimate of drug-likeness (QED) is 0.672. The van der Waals surface area contributed by atoms with E-state index >= 15 is 0 Å². The van der Waals surface area contributed by atoms with Gasteiger partial charge in [0.25, 0.3) is 0 Å². The second kappa shape index (κ2) is 8.48. The monoisotopic (exact) mass is 255 g/mol. The number of nitrogens with one attached hydrogen (secondary N) is 2.